The monoisotopic (exact) mass is 396 g/mol. The van der Waals surface area contributed by atoms with Crippen molar-refractivity contribution in [3.8, 4) is 11.5 Å². The summed E-state index contributed by atoms with van der Waals surface area (Å²) in [5.74, 6) is 0.362. The second-order valence-electron chi connectivity index (χ2n) is 7.79. The molecule has 3 heteroatoms. The summed E-state index contributed by atoms with van der Waals surface area (Å²) < 4.78 is 0. The van der Waals surface area contributed by atoms with E-state index in [-0.39, 0.29) is 11.5 Å². The fourth-order valence-electron chi connectivity index (χ4n) is 3.60. The van der Waals surface area contributed by atoms with E-state index in [9.17, 15) is 10.2 Å². The van der Waals surface area contributed by atoms with Gasteiger partial charge in [0.25, 0.3) is 0 Å². The van der Waals surface area contributed by atoms with Crippen molar-refractivity contribution in [1.82, 2.24) is 0 Å². The van der Waals surface area contributed by atoms with Crippen LogP contribution in [0.3, 0.4) is 0 Å². The first-order chi connectivity index (χ1) is 14.2. The molecule has 0 unspecified atom stereocenters. The number of aliphatic hydroxyl groups excluding tert-OH is 1. The minimum absolute atomic E-state index is 0.181. The van der Waals surface area contributed by atoms with E-state index in [2.05, 4.69) is 0 Å². The van der Waals surface area contributed by atoms with Gasteiger partial charge in [-0.25, -0.2) is 0 Å². The van der Waals surface area contributed by atoms with Crippen molar-refractivity contribution in [2.75, 3.05) is 6.61 Å². The van der Waals surface area contributed by atoms with Crippen molar-refractivity contribution in [3.63, 3.8) is 0 Å². The molecule has 0 saturated heterocycles. The Bertz CT molecular complexity index is 699. The highest BCUT2D eigenvalue weighted by atomic mass is 16.3. The summed E-state index contributed by atoms with van der Waals surface area (Å²) in [5, 5.41) is 29.4. The second kappa shape index (κ2) is 13.8. The van der Waals surface area contributed by atoms with Crippen LogP contribution in [0.1, 0.15) is 80.9 Å². The number of hydrogen-bond donors (Lipinski definition) is 3. The highest BCUT2D eigenvalue weighted by molar-refractivity contribution is 5.71. The van der Waals surface area contributed by atoms with E-state index in [1.807, 2.05) is 42.5 Å². The van der Waals surface area contributed by atoms with Crippen LogP contribution in [0.15, 0.2) is 42.5 Å². The van der Waals surface area contributed by atoms with Gasteiger partial charge in [0, 0.05) is 12.2 Å². The molecule has 0 saturated carbocycles. The molecule has 158 valence electrons. The predicted molar refractivity (Wildman–Crippen MR) is 122 cm³/mol. The van der Waals surface area contributed by atoms with Crippen LogP contribution in [0.2, 0.25) is 0 Å². The van der Waals surface area contributed by atoms with Gasteiger partial charge in [-0.3, -0.25) is 0 Å². The smallest absolute Gasteiger partial charge is 0.123 e. The predicted octanol–water partition coefficient (Wildman–Crippen LogP) is 6.70. The molecule has 0 amide bonds. The summed E-state index contributed by atoms with van der Waals surface area (Å²) in [6, 6.07) is 13.4. The number of rotatable bonds is 14. The van der Waals surface area contributed by atoms with Crippen LogP contribution in [-0.2, 0) is 6.42 Å². The van der Waals surface area contributed by atoms with Crippen molar-refractivity contribution in [3.05, 3.63) is 59.2 Å². The summed E-state index contributed by atoms with van der Waals surface area (Å²) in [6.07, 6.45) is 16.3. The van der Waals surface area contributed by atoms with Crippen molar-refractivity contribution in [2.24, 2.45) is 0 Å². The van der Waals surface area contributed by atoms with Crippen LogP contribution in [-0.4, -0.2) is 21.9 Å². The minimum Gasteiger partial charge on any atom is -0.508 e. The standard InChI is InChI=1S/C26H36O3/c27-19-13-8-6-4-2-1-3-5-7-12-16-24-25(28)20-23(21-26(24)29)18-17-22-14-10-9-11-15-22/h9-11,14-15,17-18,20-21,27-29H,1-8,12-13,16,19H2/b18-17+. The Labute approximate surface area is 175 Å². The summed E-state index contributed by atoms with van der Waals surface area (Å²) >= 11 is 0. The number of unbranched alkanes of at least 4 members (excludes halogenated alkanes) is 9. The molecule has 2 aromatic rings. The van der Waals surface area contributed by atoms with Gasteiger partial charge < -0.3 is 15.3 Å². The molecule has 0 aliphatic rings. The molecule has 0 bridgehead atoms. The lowest BCUT2D eigenvalue weighted by molar-refractivity contribution is 0.282. The first-order valence-electron chi connectivity index (χ1n) is 11.1. The number of hydrogen-bond acceptors (Lipinski definition) is 3. The zero-order valence-electron chi connectivity index (χ0n) is 17.5. The second-order valence-corrected chi connectivity index (χ2v) is 7.79. The maximum absolute atomic E-state index is 10.3. The first-order valence-corrected chi connectivity index (χ1v) is 11.1. The fourth-order valence-corrected chi connectivity index (χ4v) is 3.60. The number of phenols is 2. The van der Waals surface area contributed by atoms with Crippen molar-refractivity contribution in [2.45, 2.75) is 70.6 Å². The lowest BCUT2D eigenvalue weighted by Crippen LogP contribution is -1.90. The van der Waals surface area contributed by atoms with Gasteiger partial charge >= 0.3 is 0 Å². The van der Waals surface area contributed by atoms with Gasteiger partial charge in [0.15, 0.2) is 0 Å². The van der Waals surface area contributed by atoms with E-state index >= 15 is 0 Å². The fraction of sp³-hybridized carbons (Fsp3) is 0.462. The summed E-state index contributed by atoms with van der Waals surface area (Å²) in [7, 11) is 0. The molecule has 0 aromatic heterocycles. The zero-order chi connectivity index (χ0) is 20.7. The molecule has 0 spiro atoms. The van der Waals surface area contributed by atoms with Crippen LogP contribution in [0, 0.1) is 0 Å². The van der Waals surface area contributed by atoms with Crippen LogP contribution < -0.4 is 0 Å². The van der Waals surface area contributed by atoms with Crippen molar-refractivity contribution < 1.29 is 15.3 Å². The highest BCUT2D eigenvalue weighted by Gasteiger charge is 2.08. The molecule has 3 nitrogen and oxygen atoms in total. The van der Waals surface area contributed by atoms with E-state index in [1.54, 1.807) is 12.1 Å². The molecule has 0 heterocycles. The van der Waals surface area contributed by atoms with Gasteiger partial charge in [0.05, 0.1) is 0 Å². The van der Waals surface area contributed by atoms with Crippen LogP contribution >= 0.6 is 0 Å². The Morgan fingerprint density at radius 1 is 0.586 bits per heavy atom. The quantitative estimate of drug-likeness (QED) is 0.246. The van der Waals surface area contributed by atoms with Crippen LogP contribution in [0.25, 0.3) is 12.2 Å². The summed E-state index contributed by atoms with van der Waals surface area (Å²) in [6.45, 7) is 0.318. The normalized spacial score (nSPS) is 11.3. The van der Waals surface area contributed by atoms with Crippen LogP contribution in [0.4, 0.5) is 0 Å². The first kappa shape index (κ1) is 23.0. The largest absolute Gasteiger partial charge is 0.508 e. The SMILES string of the molecule is OCCCCCCCCCCCCc1c(O)cc(/C=C/c2ccccc2)cc1O. The molecule has 0 aliphatic heterocycles. The molecule has 0 fully saturated rings. The topological polar surface area (TPSA) is 60.7 Å². The lowest BCUT2D eigenvalue weighted by Gasteiger charge is -2.09. The van der Waals surface area contributed by atoms with Gasteiger partial charge in [-0.15, -0.1) is 0 Å². The number of aromatic hydroxyl groups is 2. The molecular formula is C26H36O3. The van der Waals surface area contributed by atoms with Crippen molar-refractivity contribution in [1.29, 1.82) is 0 Å². The Morgan fingerprint density at radius 2 is 1.07 bits per heavy atom. The number of phenolic OH excluding ortho intramolecular Hbond substituents is 2. The Kier molecular flexibility index (Phi) is 11.0. The molecule has 3 N–H and O–H groups in total. The molecule has 0 atom stereocenters. The van der Waals surface area contributed by atoms with Gasteiger partial charge in [0.1, 0.15) is 11.5 Å². The van der Waals surface area contributed by atoms with Gasteiger partial charge in [-0.05, 0) is 42.5 Å². The van der Waals surface area contributed by atoms with Gasteiger partial charge in [0.2, 0.25) is 0 Å². The number of benzene rings is 2. The van der Waals surface area contributed by atoms with Gasteiger partial charge in [-0.2, -0.15) is 0 Å². The third kappa shape index (κ3) is 9.19. The van der Waals surface area contributed by atoms with Gasteiger partial charge in [-0.1, -0.05) is 93.9 Å². The summed E-state index contributed by atoms with van der Waals surface area (Å²) in [4.78, 5) is 0. The minimum atomic E-state index is 0.181. The van der Waals surface area contributed by atoms with E-state index in [0.29, 0.717) is 18.6 Å². The average molecular weight is 397 g/mol. The molecule has 2 rings (SSSR count). The molecular weight excluding hydrogens is 360 g/mol. The van der Waals surface area contributed by atoms with Crippen LogP contribution in [0.5, 0.6) is 11.5 Å². The third-order valence-electron chi connectivity index (χ3n) is 5.33. The van der Waals surface area contributed by atoms with Crippen molar-refractivity contribution >= 4 is 12.2 Å². The summed E-state index contributed by atoms with van der Waals surface area (Å²) in [5.41, 5.74) is 2.54. The average Bonchev–Trinajstić information content (AvgIpc) is 2.73. The third-order valence-corrected chi connectivity index (χ3v) is 5.33. The number of aliphatic hydroxyl groups is 1. The Hall–Kier alpha value is -2.26. The van der Waals surface area contributed by atoms with E-state index in [4.69, 9.17) is 5.11 Å². The lowest BCUT2D eigenvalue weighted by atomic mass is 10.0. The zero-order valence-corrected chi connectivity index (χ0v) is 17.5. The Morgan fingerprint density at radius 3 is 1.62 bits per heavy atom. The Balaban J connectivity index is 1.67. The maximum atomic E-state index is 10.3. The molecule has 29 heavy (non-hydrogen) atoms. The van der Waals surface area contributed by atoms with E-state index in [0.717, 1.165) is 36.8 Å². The molecule has 0 aliphatic carbocycles. The molecule has 2 aromatic carbocycles. The van der Waals surface area contributed by atoms with E-state index < -0.39 is 0 Å². The maximum Gasteiger partial charge on any atom is 0.123 e. The molecule has 0 radical (unpaired) electrons. The highest BCUT2D eigenvalue weighted by Crippen LogP contribution is 2.31. The van der Waals surface area contributed by atoms with E-state index in [1.165, 1.54) is 38.5 Å².